The van der Waals surface area contributed by atoms with Crippen LogP contribution in [0.1, 0.15) is 0 Å². The van der Waals surface area contributed by atoms with Crippen LogP contribution in [0.15, 0.2) is 55.1 Å². The van der Waals surface area contributed by atoms with Gasteiger partial charge < -0.3 is 0 Å². The van der Waals surface area contributed by atoms with E-state index in [0.29, 0.717) is 5.82 Å². The maximum absolute atomic E-state index is 13.1. The van der Waals surface area contributed by atoms with Crippen LogP contribution >= 0.6 is 22.6 Å². The maximum Gasteiger partial charge on any atom is 0.163 e. The molecule has 0 N–H and O–H groups in total. The Balaban J connectivity index is 1.87. The molecular formula is C15H9FIN5. The molecule has 0 saturated heterocycles. The summed E-state index contributed by atoms with van der Waals surface area (Å²) in [6.45, 7) is 0. The largest absolute Gasteiger partial charge is 0.293 e. The molecule has 0 aliphatic rings. The molecule has 4 aromatic rings. The predicted molar refractivity (Wildman–Crippen MR) is 88.2 cm³/mol. The zero-order chi connectivity index (χ0) is 15.1. The summed E-state index contributed by atoms with van der Waals surface area (Å²) in [5.74, 6) is 0.388. The normalized spacial score (nSPS) is 11.2. The first-order chi connectivity index (χ1) is 10.7. The van der Waals surface area contributed by atoms with Gasteiger partial charge in [0, 0.05) is 11.8 Å². The Morgan fingerprint density at radius 1 is 1.00 bits per heavy atom. The van der Waals surface area contributed by atoms with Gasteiger partial charge in [0.25, 0.3) is 0 Å². The molecule has 7 heteroatoms. The van der Waals surface area contributed by atoms with Crippen molar-refractivity contribution in [1.82, 2.24) is 24.1 Å². The van der Waals surface area contributed by atoms with Crippen LogP contribution in [-0.4, -0.2) is 24.1 Å². The molecule has 0 aliphatic heterocycles. The maximum atomic E-state index is 13.1. The molecule has 0 amide bonds. The fourth-order valence-corrected chi connectivity index (χ4v) is 2.82. The van der Waals surface area contributed by atoms with Gasteiger partial charge in [-0.05, 0) is 59.0 Å². The van der Waals surface area contributed by atoms with Gasteiger partial charge in [0.05, 0.1) is 11.9 Å². The third-order valence-electron chi connectivity index (χ3n) is 3.34. The van der Waals surface area contributed by atoms with Crippen molar-refractivity contribution in [3.63, 3.8) is 0 Å². The van der Waals surface area contributed by atoms with Gasteiger partial charge in [-0.2, -0.15) is 5.10 Å². The average molecular weight is 405 g/mol. The quantitative estimate of drug-likeness (QED) is 0.481. The van der Waals surface area contributed by atoms with Crippen molar-refractivity contribution in [2.45, 2.75) is 0 Å². The number of hydrogen-bond acceptors (Lipinski definition) is 3. The van der Waals surface area contributed by atoms with Crippen LogP contribution in [-0.2, 0) is 0 Å². The number of pyridine rings is 1. The molecule has 3 heterocycles. The van der Waals surface area contributed by atoms with E-state index < -0.39 is 0 Å². The highest BCUT2D eigenvalue weighted by Crippen LogP contribution is 2.21. The van der Waals surface area contributed by atoms with Crippen molar-refractivity contribution >= 4 is 28.2 Å². The minimum Gasteiger partial charge on any atom is -0.293 e. The number of hydrogen-bond donors (Lipinski definition) is 0. The van der Waals surface area contributed by atoms with Gasteiger partial charge in [-0.25, -0.2) is 19.0 Å². The molecule has 0 unspecified atom stereocenters. The van der Waals surface area contributed by atoms with Crippen LogP contribution in [0.5, 0.6) is 0 Å². The number of benzene rings is 1. The average Bonchev–Trinajstić information content (AvgIpc) is 3.15. The SMILES string of the molecule is Fc1ccc(-c2ncnn2-c2ccc3ncc(I)n3c2)cc1. The van der Waals surface area contributed by atoms with Crippen LogP contribution in [0.25, 0.3) is 22.7 Å². The van der Waals surface area contributed by atoms with Crippen LogP contribution in [0.2, 0.25) is 0 Å². The van der Waals surface area contributed by atoms with Crippen molar-refractivity contribution in [3.8, 4) is 17.1 Å². The van der Waals surface area contributed by atoms with E-state index >= 15 is 0 Å². The Bertz CT molecular complexity index is 958. The molecule has 0 saturated carbocycles. The van der Waals surface area contributed by atoms with E-state index in [2.05, 4.69) is 37.7 Å². The summed E-state index contributed by atoms with van der Waals surface area (Å²) in [5, 5.41) is 4.28. The Morgan fingerprint density at radius 3 is 2.64 bits per heavy atom. The summed E-state index contributed by atoms with van der Waals surface area (Å²) in [6, 6.07) is 10.1. The third kappa shape index (κ3) is 2.17. The molecule has 5 nitrogen and oxygen atoms in total. The second-order valence-electron chi connectivity index (χ2n) is 4.70. The van der Waals surface area contributed by atoms with E-state index in [-0.39, 0.29) is 5.82 Å². The van der Waals surface area contributed by atoms with Gasteiger partial charge in [-0.1, -0.05) is 0 Å². The molecule has 1 aromatic carbocycles. The Hall–Kier alpha value is -2.29. The van der Waals surface area contributed by atoms with E-state index in [0.717, 1.165) is 20.6 Å². The lowest BCUT2D eigenvalue weighted by Crippen LogP contribution is -2.01. The van der Waals surface area contributed by atoms with Crippen LogP contribution in [0, 0.1) is 9.52 Å². The molecule has 0 spiro atoms. The van der Waals surface area contributed by atoms with Crippen molar-refractivity contribution < 1.29 is 4.39 Å². The fourth-order valence-electron chi connectivity index (χ4n) is 2.29. The van der Waals surface area contributed by atoms with E-state index in [1.807, 2.05) is 28.9 Å². The molecular weight excluding hydrogens is 396 g/mol. The standard InChI is InChI=1S/C15H9FIN5/c16-11-3-1-10(2-4-11)15-19-9-20-22(15)12-5-6-14-18-7-13(17)21(14)8-12/h1-9H. The van der Waals surface area contributed by atoms with Crippen LogP contribution in [0.3, 0.4) is 0 Å². The van der Waals surface area contributed by atoms with Crippen molar-refractivity contribution in [1.29, 1.82) is 0 Å². The smallest absolute Gasteiger partial charge is 0.163 e. The van der Waals surface area contributed by atoms with E-state index in [1.54, 1.807) is 16.8 Å². The summed E-state index contributed by atoms with van der Waals surface area (Å²) in [6.07, 6.45) is 5.25. The molecule has 0 aliphatic carbocycles. The van der Waals surface area contributed by atoms with Crippen molar-refractivity contribution in [2.75, 3.05) is 0 Å². The first kappa shape index (κ1) is 13.4. The third-order valence-corrected chi connectivity index (χ3v) is 4.14. The second kappa shape index (κ2) is 5.16. The van der Waals surface area contributed by atoms with Crippen molar-refractivity contribution in [3.05, 3.63) is 64.6 Å². The highest BCUT2D eigenvalue weighted by molar-refractivity contribution is 14.1. The van der Waals surface area contributed by atoms with E-state index in [4.69, 9.17) is 0 Å². The van der Waals surface area contributed by atoms with Crippen LogP contribution in [0.4, 0.5) is 4.39 Å². The minimum absolute atomic E-state index is 0.274. The molecule has 22 heavy (non-hydrogen) atoms. The topological polar surface area (TPSA) is 48.0 Å². The molecule has 0 radical (unpaired) electrons. The summed E-state index contributed by atoms with van der Waals surface area (Å²) in [7, 11) is 0. The zero-order valence-electron chi connectivity index (χ0n) is 11.2. The van der Waals surface area contributed by atoms with Gasteiger partial charge in [0.1, 0.15) is 21.5 Å². The van der Waals surface area contributed by atoms with Gasteiger partial charge in [-0.15, -0.1) is 0 Å². The lowest BCUT2D eigenvalue weighted by molar-refractivity contribution is 0.628. The lowest BCUT2D eigenvalue weighted by Gasteiger charge is -2.07. The molecule has 0 bridgehead atoms. The van der Waals surface area contributed by atoms with Gasteiger partial charge >= 0.3 is 0 Å². The molecule has 0 atom stereocenters. The van der Waals surface area contributed by atoms with E-state index in [9.17, 15) is 4.39 Å². The summed E-state index contributed by atoms with van der Waals surface area (Å²) in [5.41, 5.74) is 2.54. The first-order valence-corrected chi connectivity index (χ1v) is 7.59. The lowest BCUT2D eigenvalue weighted by atomic mass is 10.2. The monoisotopic (exact) mass is 405 g/mol. The Morgan fingerprint density at radius 2 is 1.82 bits per heavy atom. The molecule has 0 fully saturated rings. The zero-order valence-corrected chi connectivity index (χ0v) is 13.3. The van der Waals surface area contributed by atoms with Crippen molar-refractivity contribution in [2.24, 2.45) is 0 Å². The number of rotatable bonds is 2. The van der Waals surface area contributed by atoms with Crippen LogP contribution < -0.4 is 0 Å². The van der Waals surface area contributed by atoms with Gasteiger partial charge in [0.2, 0.25) is 0 Å². The second-order valence-corrected chi connectivity index (χ2v) is 5.80. The molecule has 108 valence electrons. The highest BCUT2D eigenvalue weighted by Gasteiger charge is 2.11. The number of nitrogens with zero attached hydrogens (tertiary/aromatic N) is 5. The Labute approximate surface area is 138 Å². The number of fused-ring (bicyclic) bond motifs is 1. The predicted octanol–water partition coefficient (Wildman–Crippen LogP) is 3.33. The summed E-state index contributed by atoms with van der Waals surface area (Å²) in [4.78, 5) is 8.58. The summed E-state index contributed by atoms with van der Waals surface area (Å²) < 4.78 is 17.8. The minimum atomic E-state index is -0.274. The highest BCUT2D eigenvalue weighted by atomic mass is 127. The van der Waals surface area contributed by atoms with Gasteiger partial charge in [-0.3, -0.25) is 4.40 Å². The van der Waals surface area contributed by atoms with Gasteiger partial charge in [0.15, 0.2) is 5.82 Å². The molecule has 4 rings (SSSR count). The fraction of sp³-hybridized carbons (Fsp3) is 0. The Kier molecular flexibility index (Phi) is 3.14. The first-order valence-electron chi connectivity index (χ1n) is 6.51. The number of aromatic nitrogens is 5. The van der Waals surface area contributed by atoms with E-state index in [1.165, 1.54) is 18.5 Å². The molecule has 3 aromatic heterocycles. The summed E-state index contributed by atoms with van der Waals surface area (Å²) >= 11 is 2.23. The number of halogens is 2. The number of imidazole rings is 1.